The highest BCUT2D eigenvalue weighted by Gasteiger charge is 2.81. The first-order valence-corrected chi connectivity index (χ1v) is 31.0. The van der Waals surface area contributed by atoms with Gasteiger partial charge in [-0.15, -0.1) is 0 Å². The minimum absolute atomic E-state index is 0.000186. The van der Waals surface area contributed by atoms with Crippen molar-refractivity contribution in [1.82, 2.24) is 0 Å². The van der Waals surface area contributed by atoms with Gasteiger partial charge in [-0.2, -0.15) is 0 Å². The maximum Gasteiger partial charge on any atom is 0.338 e. The van der Waals surface area contributed by atoms with Crippen molar-refractivity contribution in [2.24, 2.45) is 16.7 Å². The number of esters is 1. The summed E-state index contributed by atoms with van der Waals surface area (Å²) in [5.41, 5.74) is -6.40. The molecule has 3 saturated carbocycles. The lowest BCUT2D eigenvalue weighted by Crippen LogP contribution is -2.78. The van der Waals surface area contributed by atoms with Crippen molar-refractivity contribution in [2.45, 2.75) is 283 Å². The lowest BCUT2D eigenvalue weighted by atomic mass is 9.42. The van der Waals surface area contributed by atoms with Crippen molar-refractivity contribution in [2.75, 3.05) is 35.0 Å². The molecule has 0 radical (unpaired) electrons. The van der Waals surface area contributed by atoms with Gasteiger partial charge in [0.15, 0.2) is 31.5 Å². The van der Waals surface area contributed by atoms with E-state index < -0.39 is 194 Å². The van der Waals surface area contributed by atoms with Crippen LogP contribution in [-0.4, -0.2) is 257 Å². The van der Waals surface area contributed by atoms with Gasteiger partial charge in [0.05, 0.1) is 72.5 Å². The van der Waals surface area contributed by atoms with Crippen LogP contribution in [0.25, 0.3) is 0 Å². The number of methoxy groups -OCH3 is 4. The number of carbonyl (C=O) groups is 1. The fourth-order valence-corrected chi connectivity index (χ4v) is 16.5. The molecule has 5 aliphatic heterocycles. The maximum absolute atomic E-state index is 13.8. The Kier molecular flexibility index (Phi) is 20.5. The predicted octanol–water partition coefficient (Wildman–Crippen LogP) is 1.42. The summed E-state index contributed by atoms with van der Waals surface area (Å²) < 4.78 is 93.7. The standard InChI is InChI=1S/C62H96O25/c1-29-50(37(73-8)24-43(77-29)81-36-18-19-58(6)35(23-36)17-20-61(71)41(58)27-42(83-55(69)34-15-13-12-14-16-34)59(7)60(70,33(5)64)21-22-62(59,61)72)84-44-25-38(74-9)51(30(2)78-44)85-45-26-39(75-10)52(31(3)79-45)86-57-49(68)54(76-11)53(32(4)80-57)87-56-48(67)47(66)46(65)40(28-63)82-56/h12-17,29-33,36-54,56-57,63-68,70-72H,18-28H2,1-11H3. The fourth-order valence-electron chi connectivity index (χ4n) is 16.5. The number of rotatable bonds is 18. The summed E-state index contributed by atoms with van der Waals surface area (Å²) in [6, 6.07) is 8.54. The van der Waals surface area contributed by atoms with E-state index in [1.54, 1.807) is 65.3 Å². The van der Waals surface area contributed by atoms with E-state index >= 15 is 0 Å². The van der Waals surface area contributed by atoms with Crippen LogP contribution in [0, 0.1) is 16.7 Å². The van der Waals surface area contributed by atoms with Crippen LogP contribution in [0.4, 0.5) is 0 Å². The predicted molar refractivity (Wildman–Crippen MR) is 301 cm³/mol. The summed E-state index contributed by atoms with van der Waals surface area (Å²) in [6.45, 7) is 11.8. The van der Waals surface area contributed by atoms with Crippen LogP contribution >= 0.6 is 0 Å². The highest BCUT2D eigenvalue weighted by atomic mass is 16.8. The molecule has 10 rings (SSSR count). The first-order valence-electron chi connectivity index (χ1n) is 31.0. The van der Waals surface area contributed by atoms with Gasteiger partial charge in [-0.1, -0.05) is 43.7 Å². The fraction of sp³-hybridized carbons (Fsp3) is 0.855. The topological polar surface area (TPSA) is 338 Å². The van der Waals surface area contributed by atoms with E-state index in [4.69, 9.17) is 71.1 Å². The Morgan fingerprint density at radius 3 is 1.69 bits per heavy atom. The molecule has 0 aromatic heterocycles. The SMILES string of the molecule is COC1CC(OC2CCC3(C)C(=CCC4(O)C3CC(OC(=O)c3ccccc3)C3(C)C(O)(C(C)O)CCC43O)C2)OC(C)C1OC1CC(OC)C(OC2CC(OC)C(OC3OC(C)C(OC4OC(CO)C(O)C(O)C4O)C(OC)C3O)C(C)O2)C(C)O1. The molecule has 0 amide bonds. The van der Waals surface area contributed by atoms with Gasteiger partial charge in [0.1, 0.15) is 83.9 Å². The van der Waals surface area contributed by atoms with Crippen LogP contribution in [0.15, 0.2) is 42.0 Å². The van der Waals surface area contributed by atoms with Crippen molar-refractivity contribution < 1.29 is 122 Å². The molecule has 5 saturated heterocycles. The van der Waals surface area contributed by atoms with Gasteiger partial charge >= 0.3 is 5.97 Å². The summed E-state index contributed by atoms with van der Waals surface area (Å²) in [7, 11) is 6.11. The molecular weight excluding hydrogens is 1140 g/mol. The lowest BCUT2D eigenvalue weighted by molar-refractivity contribution is -0.374. The van der Waals surface area contributed by atoms with Gasteiger partial charge in [0.2, 0.25) is 0 Å². The number of hydrogen-bond donors (Lipinski definition) is 9. The molecule has 0 spiro atoms. The van der Waals surface area contributed by atoms with Crippen molar-refractivity contribution >= 4 is 5.97 Å². The smallest absolute Gasteiger partial charge is 0.338 e. The molecule has 25 nitrogen and oxygen atoms in total. The van der Waals surface area contributed by atoms with E-state index in [1.165, 1.54) is 21.1 Å². The number of hydrogen-bond acceptors (Lipinski definition) is 25. The van der Waals surface area contributed by atoms with Crippen LogP contribution in [-0.2, 0) is 71.1 Å². The highest BCUT2D eigenvalue weighted by Crippen LogP contribution is 2.71. The van der Waals surface area contributed by atoms with Crippen LogP contribution in [0.5, 0.6) is 0 Å². The molecule has 8 fully saturated rings. The van der Waals surface area contributed by atoms with Crippen molar-refractivity contribution in [1.29, 1.82) is 0 Å². The van der Waals surface area contributed by atoms with Gasteiger partial charge in [-0.3, -0.25) is 0 Å². The normalized spacial score (nSPS) is 50.5. The molecule has 87 heavy (non-hydrogen) atoms. The number of carbonyl (C=O) groups excluding carboxylic acids is 1. The van der Waals surface area contributed by atoms with Crippen molar-refractivity contribution in [3.05, 3.63) is 47.5 Å². The summed E-state index contributed by atoms with van der Waals surface area (Å²) in [5, 5.41) is 102. The molecule has 9 aliphatic rings. The van der Waals surface area contributed by atoms with Gasteiger partial charge in [-0.25, -0.2) is 4.79 Å². The van der Waals surface area contributed by atoms with Gasteiger partial charge in [0, 0.05) is 53.6 Å². The van der Waals surface area contributed by atoms with E-state index in [0.29, 0.717) is 37.7 Å². The number of benzene rings is 1. The van der Waals surface area contributed by atoms with E-state index in [0.717, 1.165) is 5.57 Å². The number of aliphatic hydroxyl groups excluding tert-OH is 6. The molecule has 0 bridgehead atoms. The molecule has 4 aliphatic carbocycles. The van der Waals surface area contributed by atoms with E-state index in [9.17, 15) is 50.8 Å². The average molecular weight is 1240 g/mol. The van der Waals surface area contributed by atoms with E-state index in [1.807, 2.05) is 19.9 Å². The van der Waals surface area contributed by atoms with Crippen LogP contribution in [0.3, 0.4) is 0 Å². The second-order valence-electron chi connectivity index (χ2n) is 26.3. The monoisotopic (exact) mass is 1240 g/mol. The molecule has 31 atom stereocenters. The zero-order chi connectivity index (χ0) is 62.9. The van der Waals surface area contributed by atoms with Crippen molar-refractivity contribution in [3.8, 4) is 0 Å². The molecular formula is C62H96O25. The summed E-state index contributed by atoms with van der Waals surface area (Å²) in [5.74, 6) is -1.19. The third-order valence-corrected chi connectivity index (χ3v) is 21.7. The average Bonchev–Trinajstić information content (AvgIpc) is 1.61. The maximum atomic E-state index is 13.8. The Labute approximate surface area is 508 Å². The number of fused-ring (bicyclic) bond motifs is 5. The molecule has 1 aromatic rings. The lowest BCUT2D eigenvalue weighted by Gasteiger charge is -2.67. The Balaban J connectivity index is 0.728. The molecule has 494 valence electrons. The Bertz CT molecular complexity index is 2490. The van der Waals surface area contributed by atoms with Gasteiger partial charge in [0.25, 0.3) is 0 Å². The van der Waals surface area contributed by atoms with Gasteiger partial charge in [-0.05, 0) is 97.1 Å². The third-order valence-electron chi connectivity index (χ3n) is 21.7. The largest absolute Gasteiger partial charge is 0.458 e. The molecule has 1 aromatic carbocycles. The van der Waals surface area contributed by atoms with E-state index in [2.05, 4.69) is 6.92 Å². The minimum Gasteiger partial charge on any atom is -0.458 e. The Morgan fingerprint density at radius 2 is 1.15 bits per heavy atom. The molecule has 25 heteroatoms. The van der Waals surface area contributed by atoms with Crippen LogP contribution in [0.2, 0.25) is 0 Å². The van der Waals surface area contributed by atoms with Crippen LogP contribution < -0.4 is 0 Å². The molecule has 9 N–H and O–H groups in total. The first-order chi connectivity index (χ1) is 41.2. The molecule has 5 heterocycles. The van der Waals surface area contributed by atoms with Crippen LogP contribution in [0.1, 0.15) is 123 Å². The summed E-state index contributed by atoms with van der Waals surface area (Å²) in [4.78, 5) is 13.8. The minimum atomic E-state index is -1.93. The highest BCUT2D eigenvalue weighted by molar-refractivity contribution is 5.89. The zero-order valence-corrected chi connectivity index (χ0v) is 51.8. The summed E-state index contributed by atoms with van der Waals surface area (Å²) >= 11 is 0. The Morgan fingerprint density at radius 1 is 0.621 bits per heavy atom. The second kappa shape index (κ2) is 26.5. The summed E-state index contributed by atoms with van der Waals surface area (Å²) in [6.07, 6.45) is -18.4. The first kappa shape index (κ1) is 67.4. The number of ether oxygens (including phenoxy) is 15. The van der Waals surface area contributed by atoms with Gasteiger partial charge < -0.3 is 117 Å². The van der Waals surface area contributed by atoms with E-state index in [-0.39, 0.29) is 38.2 Å². The zero-order valence-electron chi connectivity index (χ0n) is 51.8. The molecule has 31 unspecified atom stereocenters. The second-order valence-corrected chi connectivity index (χ2v) is 26.3. The van der Waals surface area contributed by atoms with Crippen molar-refractivity contribution in [3.63, 3.8) is 0 Å². The number of aliphatic hydroxyl groups is 9. The quantitative estimate of drug-likeness (QED) is 0.0741. The third kappa shape index (κ3) is 11.9. The Hall–Kier alpha value is -2.49.